The summed E-state index contributed by atoms with van der Waals surface area (Å²) in [7, 11) is 0. The predicted molar refractivity (Wildman–Crippen MR) is 71.5 cm³/mol. The van der Waals surface area contributed by atoms with Gasteiger partial charge in [-0.2, -0.15) is 5.10 Å². The van der Waals surface area contributed by atoms with E-state index in [-0.39, 0.29) is 11.9 Å². The highest BCUT2D eigenvalue weighted by molar-refractivity contribution is 6.30. The SMILES string of the molecule is C[C@H](C(=O)NCC1=CCCCC1)n1cc(Cl)cn1. The lowest BCUT2D eigenvalue weighted by Crippen LogP contribution is -2.32. The minimum atomic E-state index is -0.332. The molecule has 1 aromatic rings. The Hall–Kier alpha value is -1.29. The van der Waals surface area contributed by atoms with Crippen LogP contribution >= 0.6 is 11.6 Å². The molecule has 1 aromatic heterocycles. The number of nitrogens with one attached hydrogen (secondary N) is 1. The second-order valence-corrected chi connectivity index (χ2v) is 5.08. The number of aromatic nitrogens is 2. The van der Waals surface area contributed by atoms with Crippen molar-refractivity contribution in [2.45, 2.75) is 38.6 Å². The zero-order valence-electron chi connectivity index (χ0n) is 10.5. The van der Waals surface area contributed by atoms with Gasteiger partial charge < -0.3 is 5.32 Å². The summed E-state index contributed by atoms with van der Waals surface area (Å²) in [5, 5.41) is 7.54. The zero-order valence-corrected chi connectivity index (χ0v) is 11.3. The van der Waals surface area contributed by atoms with Crippen LogP contribution in [-0.2, 0) is 4.79 Å². The highest BCUT2D eigenvalue weighted by Gasteiger charge is 2.16. The molecule has 0 aromatic carbocycles. The number of halogens is 1. The first kappa shape index (κ1) is 13.1. The van der Waals surface area contributed by atoms with Crippen LogP contribution in [0.3, 0.4) is 0 Å². The maximum absolute atomic E-state index is 12.0. The van der Waals surface area contributed by atoms with E-state index >= 15 is 0 Å². The van der Waals surface area contributed by atoms with Crippen LogP contribution in [-0.4, -0.2) is 22.2 Å². The fraction of sp³-hybridized carbons (Fsp3) is 0.538. The van der Waals surface area contributed by atoms with Gasteiger partial charge in [0.25, 0.3) is 0 Å². The fourth-order valence-electron chi connectivity index (χ4n) is 2.06. The highest BCUT2D eigenvalue weighted by atomic mass is 35.5. The molecule has 5 heteroatoms. The second kappa shape index (κ2) is 6.05. The third-order valence-corrected chi connectivity index (χ3v) is 3.42. The normalized spacial score (nSPS) is 17.1. The van der Waals surface area contributed by atoms with Gasteiger partial charge in [-0.1, -0.05) is 23.3 Å². The Morgan fingerprint density at radius 1 is 1.61 bits per heavy atom. The monoisotopic (exact) mass is 267 g/mol. The molecule has 0 fully saturated rings. The van der Waals surface area contributed by atoms with Crippen molar-refractivity contribution in [1.29, 1.82) is 0 Å². The molecule has 1 amide bonds. The number of nitrogens with zero attached hydrogens (tertiary/aromatic N) is 2. The Labute approximate surface area is 112 Å². The van der Waals surface area contributed by atoms with Crippen molar-refractivity contribution < 1.29 is 4.79 Å². The number of hydrogen-bond acceptors (Lipinski definition) is 2. The van der Waals surface area contributed by atoms with Gasteiger partial charge in [0.05, 0.1) is 11.2 Å². The molecule has 0 saturated heterocycles. The van der Waals surface area contributed by atoms with Crippen LogP contribution < -0.4 is 5.32 Å². The van der Waals surface area contributed by atoms with E-state index < -0.39 is 0 Å². The van der Waals surface area contributed by atoms with Crippen LogP contribution in [0.5, 0.6) is 0 Å². The average Bonchev–Trinajstić information content (AvgIpc) is 2.83. The summed E-state index contributed by atoms with van der Waals surface area (Å²) in [4.78, 5) is 12.0. The molecule has 1 aliphatic carbocycles. The summed E-state index contributed by atoms with van der Waals surface area (Å²) >= 11 is 5.78. The molecule has 1 N–H and O–H groups in total. The van der Waals surface area contributed by atoms with Crippen molar-refractivity contribution in [2.24, 2.45) is 0 Å². The molecule has 1 atom stereocenters. The Balaban J connectivity index is 1.86. The first-order chi connectivity index (χ1) is 8.66. The lowest BCUT2D eigenvalue weighted by atomic mass is 10.00. The van der Waals surface area contributed by atoms with Crippen molar-refractivity contribution in [3.05, 3.63) is 29.1 Å². The molecule has 4 nitrogen and oxygen atoms in total. The quantitative estimate of drug-likeness (QED) is 0.853. The predicted octanol–water partition coefficient (Wildman–Crippen LogP) is 2.71. The van der Waals surface area contributed by atoms with Crippen LogP contribution in [0.4, 0.5) is 0 Å². The van der Waals surface area contributed by atoms with Crippen molar-refractivity contribution in [1.82, 2.24) is 15.1 Å². The van der Waals surface area contributed by atoms with Gasteiger partial charge in [0.2, 0.25) is 5.91 Å². The summed E-state index contributed by atoms with van der Waals surface area (Å²) in [5.74, 6) is -0.0266. The molecule has 2 rings (SSSR count). The summed E-state index contributed by atoms with van der Waals surface area (Å²) in [6.07, 6.45) is 10.2. The number of allylic oxidation sites excluding steroid dienone is 1. The summed E-state index contributed by atoms with van der Waals surface area (Å²) in [5.41, 5.74) is 1.33. The van der Waals surface area contributed by atoms with Gasteiger partial charge in [0.1, 0.15) is 6.04 Å². The van der Waals surface area contributed by atoms with Gasteiger partial charge in [0.15, 0.2) is 0 Å². The van der Waals surface area contributed by atoms with E-state index in [1.54, 1.807) is 10.9 Å². The number of amides is 1. The molecule has 98 valence electrons. The van der Waals surface area contributed by atoms with E-state index in [0.29, 0.717) is 11.6 Å². The largest absolute Gasteiger partial charge is 0.351 e. The Morgan fingerprint density at radius 2 is 2.44 bits per heavy atom. The van der Waals surface area contributed by atoms with Crippen LogP contribution in [0.25, 0.3) is 0 Å². The molecule has 0 radical (unpaired) electrons. The molecule has 0 unspecified atom stereocenters. The van der Waals surface area contributed by atoms with Crippen LogP contribution in [0.15, 0.2) is 24.0 Å². The van der Waals surface area contributed by atoms with E-state index in [2.05, 4.69) is 16.5 Å². The minimum Gasteiger partial charge on any atom is -0.351 e. The third kappa shape index (κ3) is 3.35. The van der Waals surface area contributed by atoms with Gasteiger partial charge in [-0.3, -0.25) is 9.48 Å². The maximum atomic E-state index is 12.0. The first-order valence-corrected chi connectivity index (χ1v) is 6.70. The molecule has 0 bridgehead atoms. The standard InChI is InChI=1S/C13H18ClN3O/c1-10(17-9-12(14)8-16-17)13(18)15-7-11-5-3-2-4-6-11/h5,8-10H,2-4,6-7H2,1H3,(H,15,18)/t10-/m1/s1. The average molecular weight is 268 g/mol. The number of carbonyl (C=O) groups is 1. The van der Waals surface area contributed by atoms with E-state index in [4.69, 9.17) is 11.6 Å². The van der Waals surface area contributed by atoms with Crippen molar-refractivity contribution in [3.63, 3.8) is 0 Å². The summed E-state index contributed by atoms with van der Waals surface area (Å²) in [6.45, 7) is 2.46. The topological polar surface area (TPSA) is 46.9 Å². The summed E-state index contributed by atoms with van der Waals surface area (Å²) < 4.78 is 1.58. The lowest BCUT2D eigenvalue weighted by Gasteiger charge is -2.16. The first-order valence-electron chi connectivity index (χ1n) is 6.32. The maximum Gasteiger partial charge on any atom is 0.244 e. The molecule has 18 heavy (non-hydrogen) atoms. The van der Waals surface area contributed by atoms with Gasteiger partial charge in [-0.25, -0.2) is 0 Å². The molecule has 0 saturated carbocycles. The molecular weight excluding hydrogens is 250 g/mol. The van der Waals surface area contributed by atoms with Crippen molar-refractivity contribution in [2.75, 3.05) is 6.54 Å². The number of rotatable bonds is 4. The fourth-order valence-corrected chi connectivity index (χ4v) is 2.20. The van der Waals surface area contributed by atoms with E-state index in [1.165, 1.54) is 24.6 Å². The Bertz CT molecular complexity index is 453. The Kier molecular flexibility index (Phi) is 4.42. The molecule has 0 spiro atoms. The van der Waals surface area contributed by atoms with Crippen LogP contribution in [0, 0.1) is 0 Å². The molecular formula is C13H18ClN3O. The van der Waals surface area contributed by atoms with Crippen LogP contribution in [0.1, 0.15) is 38.6 Å². The van der Waals surface area contributed by atoms with Crippen LogP contribution in [0.2, 0.25) is 5.02 Å². The number of hydrogen-bond donors (Lipinski definition) is 1. The van der Waals surface area contributed by atoms with E-state index in [1.807, 2.05) is 6.92 Å². The molecule has 0 aliphatic heterocycles. The van der Waals surface area contributed by atoms with Crippen molar-refractivity contribution in [3.8, 4) is 0 Å². The Morgan fingerprint density at radius 3 is 3.06 bits per heavy atom. The summed E-state index contributed by atoms with van der Waals surface area (Å²) in [6, 6.07) is -0.332. The minimum absolute atomic E-state index is 0.0266. The lowest BCUT2D eigenvalue weighted by molar-refractivity contribution is -0.123. The highest BCUT2D eigenvalue weighted by Crippen LogP contribution is 2.16. The second-order valence-electron chi connectivity index (χ2n) is 4.64. The van der Waals surface area contributed by atoms with E-state index in [9.17, 15) is 4.79 Å². The molecule has 1 heterocycles. The smallest absolute Gasteiger partial charge is 0.244 e. The van der Waals surface area contributed by atoms with Gasteiger partial charge >= 0.3 is 0 Å². The van der Waals surface area contributed by atoms with Gasteiger partial charge in [-0.05, 0) is 32.6 Å². The zero-order chi connectivity index (χ0) is 13.0. The van der Waals surface area contributed by atoms with Gasteiger partial charge in [-0.15, -0.1) is 0 Å². The van der Waals surface area contributed by atoms with E-state index in [0.717, 1.165) is 12.8 Å². The molecule has 1 aliphatic rings. The van der Waals surface area contributed by atoms with Crippen molar-refractivity contribution >= 4 is 17.5 Å². The number of carbonyl (C=O) groups excluding carboxylic acids is 1. The third-order valence-electron chi connectivity index (χ3n) is 3.22. The van der Waals surface area contributed by atoms with Gasteiger partial charge in [0, 0.05) is 12.7 Å².